The molecule has 0 bridgehead atoms. The lowest BCUT2D eigenvalue weighted by Gasteiger charge is -2.04. The first-order valence-electron chi connectivity index (χ1n) is 4.94. The maximum Gasteiger partial charge on any atom is 0.435 e. The second-order valence-electron chi connectivity index (χ2n) is 3.58. The maximum absolute atomic E-state index is 12.4. The summed E-state index contributed by atoms with van der Waals surface area (Å²) in [5, 5.41) is 3.39. The summed E-state index contributed by atoms with van der Waals surface area (Å²) in [4.78, 5) is 8.02. The summed E-state index contributed by atoms with van der Waals surface area (Å²) in [7, 11) is 0. The van der Waals surface area contributed by atoms with Gasteiger partial charge in [0.1, 0.15) is 0 Å². The predicted molar refractivity (Wildman–Crippen MR) is 58.5 cm³/mol. The van der Waals surface area contributed by atoms with E-state index in [1.165, 1.54) is 0 Å². The molecule has 96 valence electrons. The highest BCUT2D eigenvalue weighted by Gasteiger charge is 2.33. The van der Waals surface area contributed by atoms with Gasteiger partial charge < -0.3 is 0 Å². The Morgan fingerprint density at radius 1 is 1.33 bits per heavy atom. The Labute approximate surface area is 105 Å². The molecule has 0 aliphatic rings. The van der Waals surface area contributed by atoms with Gasteiger partial charge in [-0.1, -0.05) is 0 Å². The van der Waals surface area contributed by atoms with Gasteiger partial charge in [0.2, 0.25) is 0 Å². The molecule has 0 fully saturated rings. The van der Waals surface area contributed by atoms with Crippen LogP contribution in [0, 0.1) is 6.92 Å². The molecule has 0 unspecified atom stereocenters. The Morgan fingerprint density at radius 3 is 2.61 bits per heavy atom. The number of aryl methyl sites for hydroxylation is 1. The minimum Gasteiger partial charge on any atom is -0.216 e. The minimum atomic E-state index is -4.48. The van der Waals surface area contributed by atoms with E-state index in [-0.39, 0.29) is 11.8 Å². The van der Waals surface area contributed by atoms with Crippen LogP contribution in [0.15, 0.2) is 18.3 Å². The topological polar surface area (TPSA) is 43.6 Å². The van der Waals surface area contributed by atoms with Crippen molar-refractivity contribution in [3.63, 3.8) is 0 Å². The van der Waals surface area contributed by atoms with Crippen LogP contribution in [-0.2, 0) is 12.1 Å². The highest BCUT2D eigenvalue weighted by molar-refractivity contribution is 6.16. The van der Waals surface area contributed by atoms with Crippen molar-refractivity contribution in [2.24, 2.45) is 0 Å². The molecule has 2 rings (SSSR count). The molecule has 0 aromatic carbocycles. The monoisotopic (exact) mass is 276 g/mol. The van der Waals surface area contributed by atoms with E-state index in [2.05, 4.69) is 15.1 Å². The molecule has 0 amide bonds. The van der Waals surface area contributed by atoms with Crippen molar-refractivity contribution in [1.82, 2.24) is 19.7 Å². The van der Waals surface area contributed by atoms with Crippen molar-refractivity contribution in [2.45, 2.75) is 19.0 Å². The molecule has 2 aromatic heterocycles. The van der Waals surface area contributed by atoms with Gasteiger partial charge in [-0.3, -0.25) is 0 Å². The molecule has 18 heavy (non-hydrogen) atoms. The molecule has 0 saturated heterocycles. The number of halogens is 4. The number of rotatable bonds is 2. The SMILES string of the molecule is Cc1cc(CCl)nc(-n2ccc(C(F)(F)F)n2)n1. The smallest absolute Gasteiger partial charge is 0.216 e. The van der Waals surface area contributed by atoms with Crippen LogP contribution in [0.5, 0.6) is 0 Å². The van der Waals surface area contributed by atoms with E-state index >= 15 is 0 Å². The number of hydrogen-bond acceptors (Lipinski definition) is 3. The van der Waals surface area contributed by atoms with Gasteiger partial charge in [-0.05, 0) is 19.1 Å². The Morgan fingerprint density at radius 2 is 2.06 bits per heavy atom. The Balaban J connectivity index is 2.43. The zero-order valence-electron chi connectivity index (χ0n) is 9.24. The quantitative estimate of drug-likeness (QED) is 0.792. The molecule has 0 atom stereocenters. The fourth-order valence-corrected chi connectivity index (χ4v) is 1.51. The number of aromatic nitrogens is 4. The van der Waals surface area contributed by atoms with Gasteiger partial charge in [-0.25, -0.2) is 14.6 Å². The minimum absolute atomic E-state index is 0.0705. The summed E-state index contributed by atoms with van der Waals surface area (Å²) >= 11 is 5.64. The lowest BCUT2D eigenvalue weighted by molar-refractivity contribution is -0.141. The Kier molecular flexibility index (Phi) is 3.25. The van der Waals surface area contributed by atoms with Gasteiger partial charge in [-0.15, -0.1) is 11.6 Å². The summed E-state index contributed by atoms with van der Waals surface area (Å²) in [6.45, 7) is 1.70. The van der Waals surface area contributed by atoms with Gasteiger partial charge >= 0.3 is 6.18 Å². The van der Waals surface area contributed by atoms with Crippen LogP contribution in [0.3, 0.4) is 0 Å². The van der Waals surface area contributed by atoms with Crippen LogP contribution in [0.1, 0.15) is 17.1 Å². The van der Waals surface area contributed by atoms with E-state index in [9.17, 15) is 13.2 Å². The van der Waals surface area contributed by atoms with Crippen molar-refractivity contribution >= 4 is 11.6 Å². The lowest BCUT2D eigenvalue weighted by Crippen LogP contribution is -2.09. The third-order valence-electron chi connectivity index (χ3n) is 2.12. The van der Waals surface area contributed by atoms with Crippen LogP contribution in [0.2, 0.25) is 0 Å². The first kappa shape index (κ1) is 12.8. The molecule has 0 aliphatic carbocycles. The van der Waals surface area contributed by atoms with E-state index in [1.807, 2.05) is 0 Å². The maximum atomic E-state index is 12.4. The highest BCUT2D eigenvalue weighted by atomic mass is 35.5. The average Bonchev–Trinajstić information content (AvgIpc) is 2.77. The molecule has 0 saturated carbocycles. The molecule has 4 nitrogen and oxygen atoms in total. The van der Waals surface area contributed by atoms with Crippen LogP contribution in [0.4, 0.5) is 13.2 Å². The summed E-state index contributed by atoms with van der Waals surface area (Å²) in [6.07, 6.45) is -3.32. The fraction of sp³-hybridized carbons (Fsp3) is 0.300. The van der Waals surface area contributed by atoms with Gasteiger partial charge in [-0.2, -0.15) is 18.3 Å². The van der Waals surface area contributed by atoms with Crippen molar-refractivity contribution < 1.29 is 13.2 Å². The number of alkyl halides is 4. The van der Waals surface area contributed by atoms with E-state index < -0.39 is 11.9 Å². The molecular formula is C10H8ClF3N4. The summed E-state index contributed by atoms with van der Waals surface area (Å²) < 4.78 is 38.2. The standard InChI is InChI=1S/C10H8ClF3N4/c1-6-4-7(5-11)16-9(15-6)18-3-2-8(17-18)10(12,13)14/h2-4H,5H2,1H3. The number of nitrogens with zero attached hydrogens (tertiary/aromatic N) is 4. The van der Waals surface area contributed by atoms with Gasteiger partial charge in [0, 0.05) is 11.9 Å². The molecule has 0 aliphatic heterocycles. The predicted octanol–water partition coefficient (Wildman–Crippen LogP) is 2.73. The van der Waals surface area contributed by atoms with Crippen LogP contribution < -0.4 is 0 Å². The molecule has 2 aromatic rings. The zero-order chi connectivity index (χ0) is 13.3. The summed E-state index contributed by atoms with van der Waals surface area (Å²) in [6, 6.07) is 2.52. The Bertz CT molecular complexity index is 564. The second kappa shape index (κ2) is 4.56. The van der Waals surface area contributed by atoms with Gasteiger partial charge in [0.25, 0.3) is 5.95 Å². The molecule has 8 heteroatoms. The summed E-state index contributed by atoms with van der Waals surface area (Å²) in [5.74, 6) is 0.227. The van der Waals surface area contributed by atoms with E-state index in [0.717, 1.165) is 16.9 Å². The zero-order valence-corrected chi connectivity index (χ0v) is 10.00. The average molecular weight is 277 g/mol. The van der Waals surface area contributed by atoms with Crippen molar-refractivity contribution in [1.29, 1.82) is 0 Å². The molecule has 0 radical (unpaired) electrons. The van der Waals surface area contributed by atoms with Crippen LogP contribution in [0.25, 0.3) is 5.95 Å². The molecular weight excluding hydrogens is 269 g/mol. The van der Waals surface area contributed by atoms with E-state index in [0.29, 0.717) is 11.4 Å². The normalized spacial score (nSPS) is 11.8. The van der Waals surface area contributed by atoms with Crippen molar-refractivity contribution in [2.75, 3.05) is 0 Å². The molecule has 0 spiro atoms. The number of hydrogen-bond donors (Lipinski definition) is 0. The van der Waals surface area contributed by atoms with E-state index in [4.69, 9.17) is 11.6 Å². The Hall–Kier alpha value is -1.63. The van der Waals surface area contributed by atoms with E-state index in [1.54, 1.807) is 13.0 Å². The second-order valence-corrected chi connectivity index (χ2v) is 3.84. The fourth-order valence-electron chi connectivity index (χ4n) is 1.37. The summed E-state index contributed by atoms with van der Waals surface area (Å²) in [5.41, 5.74) is 0.156. The first-order valence-corrected chi connectivity index (χ1v) is 5.47. The van der Waals surface area contributed by atoms with Gasteiger partial charge in [0.15, 0.2) is 5.69 Å². The third kappa shape index (κ3) is 2.61. The molecule has 0 N–H and O–H groups in total. The van der Waals surface area contributed by atoms with Crippen molar-refractivity contribution in [3.05, 3.63) is 35.4 Å². The first-order chi connectivity index (χ1) is 8.40. The highest BCUT2D eigenvalue weighted by Crippen LogP contribution is 2.27. The van der Waals surface area contributed by atoms with Crippen LogP contribution >= 0.6 is 11.6 Å². The van der Waals surface area contributed by atoms with Crippen molar-refractivity contribution in [3.8, 4) is 5.95 Å². The lowest BCUT2D eigenvalue weighted by atomic mass is 10.3. The van der Waals surface area contributed by atoms with Crippen LogP contribution in [-0.4, -0.2) is 19.7 Å². The third-order valence-corrected chi connectivity index (χ3v) is 2.39. The molecule has 2 heterocycles. The largest absolute Gasteiger partial charge is 0.435 e. The van der Waals surface area contributed by atoms with Gasteiger partial charge in [0.05, 0.1) is 11.6 Å².